The van der Waals surface area contributed by atoms with Crippen LogP contribution in [0.25, 0.3) is 0 Å². The largest absolute Gasteiger partial charge is 0.354 e. The van der Waals surface area contributed by atoms with E-state index in [4.69, 9.17) is 4.74 Å². The van der Waals surface area contributed by atoms with Crippen molar-refractivity contribution < 1.29 is 43.1 Å². The number of carbonyl (C=O) groups is 8. The molecule has 0 spiro atoms. The third kappa shape index (κ3) is 10.1. The van der Waals surface area contributed by atoms with Crippen molar-refractivity contribution in [3.05, 3.63) is 35.9 Å². The summed E-state index contributed by atoms with van der Waals surface area (Å²) in [6.07, 6.45) is 0.748. The van der Waals surface area contributed by atoms with Crippen LogP contribution < -0.4 is 31.9 Å². The lowest BCUT2D eigenvalue weighted by Crippen LogP contribution is -2.52. The van der Waals surface area contributed by atoms with Crippen LogP contribution in [-0.2, 0) is 49.5 Å². The zero-order chi connectivity index (χ0) is 31.1. The Morgan fingerprint density at radius 1 is 0.929 bits per heavy atom. The standard InChI is InChI=1S/C27H36N6O9/c1-3-27(12-20(35)33-26(27)41)17(2)24(39)29-13-21(36)28-15-23(38)32-19(11-18-7-5-4-6-8-18)25(40)30-14-22(37)31-16-42-10-9-34/h4-9,17,19H,3,10-16H2,1-2H3,(H,28,36)(H,29,39)(H,30,40)(H,31,37)(H,32,38)(H,33,35,41). The van der Waals surface area contributed by atoms with Gasteiger partial charge in [0, 0.05) is 12.8 Å². The molecular weight excluding hydrogens is 552 g/mol. The second-order valence-corrected chi connectivity index (χ2v) is 9.59. The van der Waals surface area contributed by atoms with Crippen molar-refractivity contribution in [2.75, 3.05) is 33.0 Å². The number of amides is 7. The van der Waals surface area contributed by atoms with Crippen LogP contribution in [0.3, 0.4) is 0 Å². The molecule has 228 valence electrons. The summed E-state index contributed by atoms with van der Waals surface area (Å²) in [6.45, 7) is 1.39. The van der Waals surface area contributed by atoms with Crippen molar-refractivity contribution in [2.45, 2.75) is 39.2 Å². The fraction of sp³-hybridized carbons (Fsp3) is 0.481. The van der Waals surface area contributed by atoms with E-state index >= 15 is 0 Å². The van der Waals surface area contributed by atoms with Gasteiger partial charge in [-0.25, -0.2) is 0 Å². The molecule has 15 heteroatoms. The average Bonchev–Trinajstić information content (AvgIpc) is 3.28. The molecule has 1 saturated heterocycles. The third-order valence-electron chi connectivity index (χ3n) is 6.82. The summed E-state index contributed by atoms with van der Waals surface area (Å²) in [5, 5.41) is 14.3. The first kappa shape index (κ1) is 33.5. The fourth-order valence-electron chi connectivity index (χ4n) is 4.31. The molecular formula is C27H36N6O9. The van der Waals surface area contributed by atoms with Gasteiger partial charge in [0.15, 0.2) is 0 Å². The van der Waals surface area contributed by atoms with Crippen molar-refractivity contribution in [1.29, 1.82) is 0 Å². The smallest absolute Gasteiger partial charge is 0.243 e. The highest BCUT2D eigenvalue weighted by Gasteiger charge is 2.51. The van der Waals surface area contributed by atoms with Crippen LogP contribution in [0.5, 0.6) is 0 Å². The van der Waals surface area contributed by atoms with Gasteiger partial charge in [0.2, 0.25) is 41.4 Å². The maximum atomic E-state index is 12.8. The minimum absolute atomic E-state index is 0.0969. The monoisotopic (exact) mass is 588 g/mol. The molecule has 1 aromatic rings. The lowest BCUT2D eigenvalue weighted by molar-refractivity contribution is -0.139. The highest BCUT2D eigenvalue weighted by molar-refractivity contribution is 6.08. The number of hydrogen-bond donors (Lipinski definition) is 6. The van der Waals surface area contributed by atoms with Crippen LogP contribution in [-0.4, -0.2) is 86.7 Å². The van der Waals surface area contributed by atoms with Gasteiger partial charge in [-0.05, 0) is 12.0 Å². The maximum absolute atomic E-state index is 12.8. The predicted molar refractivity (Wildman–Crippen MR) is 146 cm³/mol. The molecule has 0 aliphatic carbocycles. The molecule has 0 saturated carbocycles. The highest BCUT2D eigenvalue weighted by Crippen LogP contribution is 2.39. The van der Waals surface area contributed by atoms with Crippen LogP contribution >= 0.6 is 0 Å². The highest BCUT2D eigenvalue weighted by atomic mass is 16.5. The normalized spacial score (nSPS) is 17.3. The molecule has 2 rings (SSSR count). The summed E-state index contributed by atoms with van der Waals surface area (Å²) in [7, 11) is 0. The molecule has 1 fully saturated rings. The van der Waals surface area contributed by atoms with Crippen LogP contribution in [0, 0.1) is 11.3 Å². The summed E-state index contributed by atoms with van der Waals surface area (Å²) >= 11 is 0. The Balaban J connectivity index is 1.86. The first-order valence-electron chi connectivity index (χ1n) is 13.3. The summed E-state index contributed by atoms with van der Waals surface area (Å²) < 4.78 is 4.81. The zero-order valence-corrected chi connectivity index (χ0v) is 23.4. The van der Waals surface area contributed by atoms with E-state index in [1.165, 1.54) is 6.92 Å². The predicted octanol–water partition coefficient (Wildman–Crippen LogP) is -2.57. The van der Waals surface area contributed by atoms with E-state index < -0.39 is 78.4 Å². The van der Waals surface area contributed by atoms with Crippen molar-refractivity contribution in [3.63, 3.8) is 0 Å². The van der Waals surface area contributed by atoms with Crippen LogP contribution in [0.2, 0.25) is 0 Å². The first-order valence-corrected chi connectivity index (χ1v) is 13.3. The quantitative estimate of drug-likeness (QED) is 0.0487. The number of hydrogen-bond acceptors (Lipinski definition) is 9. The average molecular weight is 589 g/mol. The number of benzene rings is 1. The minimum Gasteiger partial charge on any atom is -0.354 e. The van der Waals surface area contributed by atoms with E-state index in [1.54, 1.807) is 37.3 Å². The molecule has 7 amide bonds. The molecule has 1 aliphatic rings. The molecule has 3 atom stereocenters. The minimum atomic E-state index is -1.20. The SMILES string of the molecule is CCC1(C(C)C(=O)NCC(=O)NCC(=O)NC(Cc2ccccc2)C(=O)NCC(=O)NCOCC=O)CC(=O)NC1=O. The number of rotatable bonds is 17. The van der Waals surface area contributed by atoms with Gasteiger partial charge in [0.1, 0.15) is 25.7 Å². The topological polar surface area (TPSA) is 218 Å². The van der Waals surface area contributed by atoms with E-state index in [9.17, 15) is 38.4 Å². The van der Waals surface area contributed by atoms with Gasteiger partial charge in [-0.15, -0.1) is 0 Å². The van der Waals surface area contributed by atoms with Crippen LogP contribution in [0.1, 0.15) is 32.3 Å². The number of nitrogens with one attached hydrogen (secondary N) is 6. The van der Waals surface area contributed by atoms with Crippen molar-refractivity contribution >= 4 is 47.6 Å². The van der Waals surface area contributed by atoms with Gasteiger partial charge in [-0.1, -0.05) is 44.2 Å². The molecule has 1 heterocycles. The maximum Gasteiger partial charge on any atom is 0.243 e. The van der Waals surface area contributed by atoms with E-state index in [-0.39, 0.29) is 32.6 Å². The van der Waals surface area contributed by atoms with Gasteiger partial charge in [-0.3, -0.25) is 38.9 Å². The molecule has 0 aromatic heterocycles. The van der Waals surface area contributed by atoms with Gasteiger partial charge >= 0.3 is 0 Å². The second-order valence-electron chi connectivity index (χ2n) is 9.59. The zero-order valence-electron chi connectivity index (χ0n) is 23.4. The second kappa shape index (κ2) is 16.6. The Labute approximate surface area is 242 Å². The van der Waals surface area contributed by atoms with E-state index in [1.807, 2.05) is 0 Å². The Morgan fingerprint density at radius 3 is 2.14 bits per heavy atom. The third-order valence-corrected chi connectivity index (χ3v) is 6.82. The Hall–Kier alpha value is -4.66. The number of imide groups is 1. The lowest BCUT2D eigenvalue weighted by Gasteiger charge is -2.29. The Kier molecular flexibility index (Phi) is 13.2. The Bertz CT molecular complexity index is 1180. The molecule has 3 unspecified atom stereocenters. The lowest BCUT2D eigenvalue weighted by atomic mass is 9.72. The molecule has 0 radical (unpaired) electrons. The van der Waals surface area contributed by atoms with Crippen LogP contribution in [0.4, 0.5) is 0 Å². The van der Waals surface area contributed by atoms with E-state index in [2.05, 4.69) is 31.9 Å². The van der Waals surface area contributed by atoms with Crippen LogP contribution in [0.15, 0.2) is 30.3 Å². The number of carbonyl (C=O) groups excluding carboxylic acids is 8. The van der Waals surface area contributed by atoms with Crippen molar-refractivity contribution in [3.8, 4) is 0 Å². The first-order chi connectivity index (χ1) is 20.0. The molecule has 1 aliphatic heterocycles. The number of aldehydes is 1. The molecule has 42 heavy (non-hydrogen) atoms. The fourth-order valence-corrected chi connectivity index (χ4v) is 4.31. The number of ether oxygens (including phenoxy) is 1. The van der Waals surface area contributed by atoms with Gasteiger partial charge in [0.05, 0.1) is 31.0 Å². The summed E-state index contributed by atoms with van der Waals surface area (Å²) in [4.78, 5) is 96.4. The molecule has 0 bridgehead atoms. The van der Waals surface area contributed by atoms with Crippen molar-refractivity contribution in [1.82, 2.24) is 31.9 Å². The summed E-state index contributed by atoms with van der Waals surface area (Å²) in [6, 6.07) is 7.72. The molecule has 6 N–H and O–H groups in total. The van der Waals surface area contributed by atoms with Gasteiger partial charge < -0.3 is 36.1 Å². The van der Waals surface area contributed by atoms with Gasteiger partial charge in [0.25, 0.3) is 0 Å². The van der Waals surface area contributed by atoms with E-state index in [0.717, 1.165) is 5.56 Å². The van der Waals surface area contributed by atoms with Gasteiger partial charge in [-0.2, -0.15) is 0 Å². The Morgan fingerprint density at radius 2 is 1.55 bits per heavy atom. The molecule has 1 aromatic carbocycles. The summed E-state index contributed by atoms with van der Waals surface area (Å²) in [5.74, 6) is -5.09. The molecule has 15 nitrogen and oxygen atoms in total. The van der Waals surface area contributed by atoms with Crippen molar-refractivity contribution in [2.24, 2.45) is 11.3 Å². The summed E-state index contributed by atoms with van der Waals surface area (Å²) in [5.41, 5.74) is -0.468. The van der Waals surface area contributed by atoms with E-state index in [0.29, 0.717) is 6.29 Å².